The Morgan fingerprint density at radius 2 is 1.92 bits per heavy atom. The molecule has 1 fully saturated rings. The summed E-state index contributed by atoms with van der Waals surface area (Å²) in [6.45, 7) is 1.70. The van der Waals surface area contributed by atoms with Crippen LogP contribution in [0.3, 0.4) is 0 Å². The van der Waals surface area contributed by atoms with E-state index in [2.05, 4.69) is 5.32 Å². The molecule has 1 N–H and O–H groups in total. The SMILES string of the molecule is O=C(NCc1ccco1)C1CCN(C(=O)c2ccc3c(c2)OCO3)CC1. The van der Waals surface area contributed by atoms with Gasteiger partial charge < -0.3 is 24.1 Å². The lowest BCUT2D eigenvalue weighted by Gasteiger charge is -2.31. The number of ether oxygens (including phenoxy) is 2. The Hall–Kier alpha value is -2.96. The summed E-state index contributed by atoms with van der Waals surface area (Å²) in [5.74, 6) is 1.88. The second kappa shape index (κ2) is 7.11. The van der Waals surface area contributed by atoms with E-state index in [0.29, 0.717) is 49.5 Å². The van der Waals surface area contributed by atoms with E-state index in [0.717, 1.165) is 5.76 Å². The fraction of sp³-hybridized carbons (Fsp3) is 0.368. The molecule has 0 saturated carbocycles. The Bertz CT molecular complexity index is 794. The van der Waals surface area contributed by atoms with Gasteiger partial charge in [-0.1, -0.05) is 0 Å². The number of hydrogen-bond donors (Lipinski definition) is 1. The zero-order valence-corrected chi connectivity index (χ0v) is 14.3. The average molecular weight is 356 g/mol. The second-order valence-corrected chi connectivity index (χ2v) is 6.43. The van der Waals surface area contributed by atoms with Gasteiger partial charge in [0.15, 0.2) is 11.5 Å². The molecule has 0 bridgehead atoms. The Morgan fingerprint density at radius 3 is 2.69 bits per heavy atom. The van der Waals surface area contributed by atoms with E-state index in [-0.39, 0.29) is 24.5 Å². The van der Waals surface area contributed by atoms with E-state index in [4.69, 9.17) is 13.9 Å². The second-order valence-electron chi connectivity index (χ2n) is 6.43. The van der Waals surface area contributed by atoms with Crippen molar-refractivity contribution in [3.05, 3.63) is 47.9 Å². The molecule has 0 unspecified atom stereocenters. The van der Waals surface area contributed by atoms with E-state index < -0.39 is 0 Å². The molecule has 136 valence electrons. The first kappa shape index (κ1) is 16.5. The van der Waals surface area contributed by atoms with Crippen molar-refractivity contribution in [2.75, 3.05) is 19.9 Å². The normalized spacial score (nSPS) is 16.5. The number of carbonyl (C=O) groups is 2. The van der Waals surface area contributed by atoms with Gasteiger partial charge in [0.1, 0.15) is 5.76 Å². The summed E-state index contributed by atoms with van der Waals surface area (Å²) in [5, 5.41) is 2.89. The van der Waals surface area contributed by atoms with Crippen LogP contribution < -0.4 is 14.8 Å². The lowest BCUT2D eigenvalue weighted by Crippen LogP contribution is -2.42. The van der Waals surface area contributed by atoms with E-state index in [1.807, 2.05) is 6.07 Å². The molecular weight excluding hydrogens is 336 g/mol. The van der Waals surface area contributed by atoms with Crippen LogP contribution in [0.15, 0.2) is 41.0 Å². The molecule has 2 aliphatic rings. The minimum Gasteiger partial charge on any atom is -0.467 e. The number of fused-ring (bicyclic) bond motifs is 1. The van der Waals surface area contributed by atoms with Gasteiger partial charge in [-0.15, -0.1) is 0 Å². The summed E-state index contributed by atoms with van der Waals surface area (Å²) in [6.07, 6.45) is 2.89. The van der Waals surface area contributed by atoms with Crippen molar-refractivity contribution in [3.8, 4) is 11.5 Å². The van der Waals surface area contributed by atoms with Crippen LogP contribution in [0.5, 0.6) is 11.5 Å². The van der Waals surface area contributed by atoms with Crippen molar-refractivity contribution in [2.24, 2.45) is 5.92 Å². The van der Waals surface area contributed by atoms with Gasteiger partial charge in [0, 0.05) is 24.6 Å². The molecular formula is C19H20N2O5. The van der Waals surface area contributed by atoms with Crippen LogP contribution in [-0.2, 0) is 11.3 Å². The van der Waals surface area contributed by atoms with Crippen molar-refractivity contribution in [3.63, 3.8) is 0 Å². The van der Waals surface area contributed by atoms with E-state index in [1.54, 1.807) is 35.4 Å². The van der Waals surface area contributed by atoms with Gasteiger partial charge in [-0.2, -0.15) is 0 Å². The number of nitrogens with zero attached hydrogens (tertiary/aromatic N) is 1. The Morgan fingerprint density at radius 1 is 1.12 bits per heavy atom. The monoisotopic (exact) mass is 356 g/mol. The van der Waals surface area contributed by atoms with E-state index in [9.17, 15) is 9.59 Å². The zero-order valence-electron chi connectivity index (χ0n) is 14.3. The number of nitrogens with one attached hydrogen (secondary N) is 1. The molecule has 7 nitrogen and oxygen atoms in total. The first-order valence-corrected chi connectivity index (χ1v) is 8.70. The summed E-state index contributed by atoms with van der Waals surface area (Å²) < 4.78 is 15.8. The minimum absolute atomic E-state index is 0.0107. The van der Waals surface area contributed by atoms with Gasteiger partial charge in [-0.25, -0.2) is 0 Å². The Labute approximate surface area is 150 Å². The van der Waals surface area contributed by atoms with Crippen molar-refractivity contribution < 1.29 is 23.5 Å². The molecule has 0 spiro atoms. The molecule has 0 radical (unpaired) electrons. The zero-order chi connectivity index (χ0) is 17.9. The van der Waals surface area contributed by atoms with Crippen LogP contribution in [0.25, 0.3) is 0 Å². The van der Waals surface area contributed by atoms with Crippen molar-refractivity contribution in [2.45, 2.75) is 19.4 Å². The largest absolute Gasteiger partial charge is 0.467 e. The van der Waals surface area contributed by atoms with Crippen LogP contribution in [0.4, 0.5) is 0 Å². The summed E-state index contributed by atoms with van der Waals surface area (Å²) in [4.78, 5) is 26.7. The smallest absolute Gasteiger partial charge is 0.253 e. The van der Waals surface area contributed by atoms with Crippen molar-refractivity contribution >= 4 is 11.8 Å². The van der Waals surface area contributed by atoms with Gasteiger partial charge in [0.05, 0.1) is 12.8 Å². The first-order valence-electron chi connectivity index (χ1n) is 8.70. The quantitative estimate of drug-likeness (QED) is 0.908. The molecule has 1 aromatic heterocycles. The highest BCUT2D eigenvalue weighted by molar-refractivity contribution is 5.95. The fourth-order valence-electron chi connectivity index (χ4n) is 3.29. The molecule has 0 aliphatic carbocycles. The first-order chi connectivity index (χ1) is 12.7. The summed E-state index contributed by atoms with van der Waals surface area (Å²) in [5.41, 5.74) is 0.579. The number of hydrogen-bond acceptors (Lipinski definition) is 5. The fourth-order valence-corrected chi connectivity index (χ4v) is 3.29. The minimum atomic E-state index is -0.0780. The lowest BCUT2D eigenvalue weighted by molar-refractivity contribution is -0.126. The number of furan rings is 1. The van der Waals surface area contributed by atoms with Gasteiger partial charge in [0.25, 0.3) is 5.91 Å². The van der Waals surface area contributed by atoms with Gasteiger partial charge >= 0.3 is 0 Å². The predicted octanol–water partition coefficient (Wildman–Crippen LogP) is 2.18. The molecule has 2 aliphatic heterocycles. The van der Waals surface area contributed by atoms with Crippen LogP contribution in [0, 0.1) is 5.92 Å². The molecule has 0 atom stereocenters. The third-order valence-corrected chi connectivity index (χ3v) is 4.79. The highest BCUT2D eigenvalue weighted by Crippen LogP contribution is 2.33. The maximum absolute atomic E-state index is 12.7. The summed E-state index contributed by atoms with van der Waals surface area (Å²) in [7, 11) is 0. The maximum Gasteiger partial charge on any atom is 0.253 e. The molecule has 2 aromatic rings. The van der Waals surface area contributed by atoms with Gasteiger partial charge in [0.2, 0.25) is 12.7 Å². The van der Waals surface area contributed by atoms with Gasteiger partial charge in [-0.05, 0) is 43.2 Å². The van der Waals surface area contributed by atoms with E-state index >= 15 is 0 Å². The molecule has 3 heterocycles. The average Bonchev–Trinajstić information content (AvgIpc) is 3.36. The van der Waals surface area contributed by atoms with Crippen molar-refractivity contribution in [1.29, 1.82) is 0 Å². The standard InChI is InChI=1S/C19H20N2O5/c22-18(20-11-15-2-1-9-24-15)13-5-7-21(8-6-13)19(23)14-3-4-16-17(10-14)26-12-25-16/h1-4,9-10,13H,5-8,11-12H2,(H,20,22). The molecule has 1 aromatic carbocycles. The third kappa shape index (κ3) is 3.37. The molecule has 2 amide bonds. The van der Waals surface area contributed by atoms with Crippen LogP contribution in [-0.4, -0.2) is 36.6 Å². The lowest BCUT2D eigenvalue weighted by atomic mass is 9.95. The van der Waals surface area contributed by atoms with Crippen LogP contribution in [0.1, 0.15) is 29.0 Å². The van der Waals surface area contributed by atoms with Crippen molar-refractivity contribution in [1.82, 2.24) is 10.2 Å². The van der Waals surface area contributed by atoms with Crippen LogP contribution in [0.2, 0.25) is 0 Å². The predicted molar refractivity (Wildman–Crippen MR) is 91.7 cm³/mol. The molecule has 26 heavy (non-hydrogen) atoms. The molecule has 7 heteroatoms. The number of carbonyl (C=O) groups excluding carboxylic acids is 2. The van der Waals surface area contributed by atoms with Crippen LogP contribution >= 0.6 is 0 Å². The highest BCUT2D eigenvalue weighted by atomic mass is 16.7. The number of piperidine rings is 1. The highest BCUT2D eigenvalue weighted by Gasteiger charge is 2.28. The number of benzene rings is 1. The number of amides is 2. The Kier molecular flexibility index (Phi) is 4.51. The topological polar surface area (TPSA) is 81.0 Å². The number of likely N-dealkylation sites (tertiary alicyclic amines) is 1. The molecule has 4 rings (SSSR count). The Balaban J connectivity index is 1.30. The summed E-state index contributed by atoms with van der Waals surface area (Å²) >= 11 is 0. The van der Waals surface area contributed by atoms with Gasteiger partial charge in [-0.3, -0.25) is 9.59 Å². The number of rotatable bonds is 4. The third-order valence-electron chi connectivity index (χ3n) is 4.79. The summed E-state index contributed by atoms with van der Waals surface area (Å²) in [6, 6.07) is 8.84. The van der Waals surface area contributed by atoms with E-state index in [1.165, 1.54) is 0 Å². The maximum atomic E-state index is 12.7. The molecule has 1 saturated heterocycles.